The Hall–Kier alpha value is -1.42. The molecule has 1 aliphatic heterocycles. The molecule has 1 aromatic carbocycles. The Labute approximate surface area is 82.2 Å². The van der Waals surface area contributed by atoms with Crippen LogP contribution in [0.15, 0.2) is 12.1 Å². The third-order valence-electron chi connectivity index (χ3n) is 2.43. The molecule has 0 aromatic heterocycles. The molecule has 0 fully saturated rings. The molecule has 1 unspecified atom stereocenters. The molecule has 1 aromatic rings. The van der Waals surface area contributed by atoms with Gasteiger partial charge in [0.05, 0.1) is 0 Å². The molecule has 4 nitrogen and oxygen atoms in total. The first-order valence-electron chi connectivity index (χ1n) is 4.55. The second kappa shape index (κ2) is 3.38. The first-order valence-corrected chi connectivity index (χ1v) is 4.55. The molecular formula is C10H13NO3. The third-order valence-corrected chi connectivity index (χ3v) is 2.43. The summed E-state index contributed by atoms with van der Waals surface area (Å²) < 4.78 is 10.3. The van der Waals surface area contributed by atoms with E-state index in [-0.39, 0.29) is 18.5 Å². The molecule has 1 aliphatic rings. The van der Waals surface area contributed by atoms with E-state index in [9.17, 15) is 5.11 Å². The smallest absolute Gasteiger partial charge is 0.231 e. The maximum absolute atomic E-state index is 9.85. The number of phenolic OH excluding ortho intramolecular Hbond substituents is 1. The Bertz CT molecular complexity index is 351. The van der Waals surface area contributed by atoms with Gasteiger partial charge in [-0.15, -0.1) is 0 Å². The molecule has 3 N–H and O–H groups in total. The van der Waals surface area contributed by atoms with Crippen molar-refractivity contribution in [3.8, 4) is 17.2 Å². The van der Waals surface area contributed by atoms with Crippen LogP contribution in [-0.4, -0.2) is 18.4 Å². The third kappa shape index (κ3) is 1.28. The molecule has 0 saturated carbocycles. The summed E-state index contributed by atoms with van der Waals surface area (Å²) in [5, 5.41) is 9.85. The van der Waals surface area contributed by atoms with Crippen LogP contribution < -0.4 is 15.2 Å². The molecule has 0 saturated heterocycles. The van der Waals surface area contributed by atoms with Crippen molar-refractivity contribution in [2.45, 2.75) is 12.8 Å². The molecule has 2 rings (SSSR count). The quantitative estimate of drug-likeness (QED) is 0.743. The largest absolute Gasteiger partial charge is 0.504 e. The van der Waals surface area contributed by atoms with Gasteiger partial charge in [0.2, 0.25) is 12.5 Å². The summed E-state index contributed by atoms with van der Waals surface area (Å²) in [5.41, 5.74) is 6.34. The van der Waals surface area contributed by atoms with Crippen molar-refractivity contribution < 1.29 is 14.6 Å². The Morgan fingerprint density at radius 3 is 3.00 bits per heavy atom. The SMILES string of the molecule is CC(CN)c1ccc2c(c1O)OCO2. The fourth-order valence-corrected chi connectivity index (χ4v) is 1.50. The molecule has 0 amide bonds. The first-order chi connectivity index (χ1) is 6.74. The Balaban J connectivity index is 2.44. The summed E-state index contributed by atoms with van der Waals surface area (Å²) in [4.78, 5) is 0. The highest BCUT2D eigenvalue weighted by molar-refractivity contribution is 5.56. The predicted octanol–water partition coefficient (Wildman–Crippen LogP) is 1.18. The highest BCUT2D eigenvalue weighted by atomic mass is 16.7. The predicted molar refractivity (Wildman–Crippen MR) is 51.7 cm³/mol. The van der Waals surface area contributed by atoms with E-state index in [0.29, 0.717) is 18.0 Å². The summed E-state index contributed by atoms with van der Waals surface area (Å²) >= 11 is 0. The topological polar surface area (TPSA) is 64.7 Å². The van der Waals surface area contributed by atoms with Gasteiger partial charge in [-0.1, -0.05) is 13.0 Å². The van der Waals surface area contributed by atoms with Crippen molar-refractivity contribution in [1.82, 2.24) is 0 Å². The van der Waals surface area contributed by atoms with Crippen LogP contribution in [0.2, 0.25) is 0 Å². The van der Waals surface area contributed by atoms with Crippen molar-refractivity contribution in [2.24, 2.45) is 5.73 Å². The first kappa shape index (κ1) is 9.15. The number of benzene rings is 1. The van der Waals surface area contributed by atoms with Crippen LogP contribution in [0.25, 0.3) is 0 Å². The summed E-state index contributed by atoms with van der Waals surface area (Å²) in [6, 6.07) is 3.62. The van der Waals surface area contributed by atoms with Crippen molar-refractivity contribution in [2.75, 3.05) is 13.3 Å². The monoisotopic (exact) mass is 195 g/mol. The second-order valence-electron chi connectivity index (χ2n) is 3.37. The number of nitrogens with two attached hydrogens (primary N) is 1. The van der Waals surface area contributed by atoms with Crippen LogP contribution in [0.4, 0.5) is 0 Å². The van der Waals surface area contributed by atoms with Gasteiger partial charge in [0.25, 0.3) is 0 Å². The maximum Gasteiger partial charge on any atom is 0.231 e. The van der Waals surface area contributed by atoms with Gasteiger partial charge in [-0.3, -0.25) is 0 Å². The number of fused-ring (bicyclic) bond motifs is 1. The number of aromatic hydroxyl groups is 1. The molecule has 0 aliphatic carbocycles. The number of hydrogen-bond donors (Lipinski definition) is 2. The second-order valence-corrected chi connectivity index (χ2v) is 3.37. The van der Waals surface area contributed by atoms with E-state index < -0.39 is 0 Å². The average molecular weight is 195 g/mol. The van der Waals surface area contributed by atoms with Gasteiger partial charge >= 0.3 is 0 Å². The van der Waals surface area contributed by atoms with E-state index in [0.717, 1.165) is 5.56 Å². The molecule has 76 valence electrons. The lowest BCUT2D eigenvalue weighted by Crippen LogP contribution is -2.08. The van der Waals surface area contributed by atoms with Crippen LogP contribution in [0.3, 0.4) is 0 Å². The van der Waals surface area contributed by atoms with Crippen LogP contribution >= 0.6 is 0 Å². The van der Waals surface area contributed by atoms with E-state index in [2.05, 4.69) is 0 Å². The number of hydrogen-bond acceptors (Lipinski definition) is 4. The van der Waals surface area contributed by atoms with Crippen molar-refractivity contribution in [1.29, 1.82) is 0 Å². The van der Waals surface area contributed by atoms with Crippen LogP contribution in [0.1, 0.15) is 18.4 Å². The standard InChI is InChI=1S/C10H13NO3/c1-6(4-11)7-2-3-8-10(9(7)12)14-5-13-8/h2-3,6,12H,4-5,11H2,1H3. The number of ether oxygens (including phenoxy) is 2. The fraction of sp³-hybridized carbons (Fsp3) is 0.400. The lowest BCUT2D eigenvalue weighted by atomic mass is 10.00. The van der Waals surface area contributed by atoms with Gasteiger partial charge in [0, 0.05) is 5.56 Å². The highest BCUT2D eigenvalue weighted by Gasteiger charge is 2.22. The zero-order valence-electron chi connectivity index (χ0n) is 7.99. The Kier molecular flexibility index (Phi) is 2.21. The van der Waals surface area contributed by atoms with Gasteiger partial charge < -0.3 is 20.3 Å². The molecule has 0 spiro atoms. The minimum absolute atomic E-state index is 0.115. The Morgan fingerprint density at radius 1 is 1.50 bits per heavy atom. The highest BCUT2D eigenvalue weighted by Crippen LogP contribution is 2.44. The number of phenols is 1. The van der Waals surface area contributed by atoms with Gasteiger partial charge in [0.15, 0.2) is 11.5 Å². The summed E-state index contributed by atoms with van der Waals surface area (Å²) in [6.07, 6.45) is 0. The molecular weight excluding hydrogens is 182 g/mol. The van der Waals surface area contributed by atoms with E-state index >= 15 is 0 Å². The van der Waals surface area contributed by atoms with Gasteiger partial charge in [-0.05, 0) is 18.5 Å². The summed E-state index contributed by atoms with van der Waals surface area (Å²) in [6.45, 7) is 2.62. The van der Waals surface area contributed by atoms with Crippen LogP contribution in [0.5, 0.6) is 17.2 Å². The molecule has 1 heterocycles. The van der Waals surface area contributed by atoms with Crippen molar-refractivity contribution >= 4 is 0 Å². The molecule has 1 atom stereocenters. The minimum atomic E-state index is 0.115. The van der Waals surface area contributed by atoms with E-state index in [4.69, 9.17) is 15.2 Å². The molecule has 14 heavy (non-hydrogen) atoms. The molecule has 0 bridgehead atoms. The maximum atomic E-state index is 9.85. The number of rotatable bonds is 2. The average Bonchev–Trinajstić information content (AvgIpc) is 2.66. The minimum Gasteiger partial charge on any atom is -0.504 e. The van der Waals surface area contributed by atoms with Crippen molar-refractivity contribution in [3.63, 3.8) is 0 Å². The van der Waals surface area contributed by atoms with E-state index in [1.807, 2.05) is 13.0 Å². The van der Waals surface area contributed by atoms with Gasteiger partial charge in [0.1, 0.15) is 0 Å². The molecule has 4 heteroatoms. The van der Waals surface area contributed by atoms with Crippen LogP contribution in [-0.2, 0) is 0 Å². The molecule has 0 radical (unpaired) electrons. The Morgan fingerprint density at radius 2 is 2.29 bits per heavy atom. The lowest BCUT2D eigenvalue weighted by molar-refractivity contribution is 0.171. The lowest BCUT2D eigenvalue weighted by Gasteiger charge is -2.12. The van der Waals surface area contributed by atoms with E-state index in [1.165, 1.54) is 0 Å². The summed E-state index contributed by atoms with van der Waals surface area (Å²) in [7, 11) is 0. The zero-order valence-corrected chi connectivity index (χ0v) is 7.99. The zero-order chi connectivity index (χ0) is 10.1. The van der Waals surface area contributed by atoms with Gasteiger partial charge in [-0.25, -0.2) is 0 Å². The van der Waals surface area contributed by atoms with Gasteiger partial charge in [-0.2, -0.15) is 0 Å². The normalized spacial score (nSPS) is 15.6. The van der Waals surface area contributed by atoms with Crippen molar-refractivity contribution in [3.05, 3.63) is 17.7 Å². The van der Waals surface area contributed by atoms with Crippen LogP contribution in [0, 0.1) is 0 Å². The van der Waals surface area contributed by atoms with E-state index in [1.54, 1.807) is 6.07 Å². The fourth-order valence-electron chi connectivity index (χ4n) is 1.50. The summed E-state index contributed by atoms with van der Waals surface area (Å²) in [5.74, 6) is 1.29.